The quantitative estimate of drug-likeness (QED) is 0.617. The van der Waals surface area contributed by atoms with Crippen LogP contribution in [0, 0.1) is 0 Å². The molecule has 0 spiro atoms. The predicted octanol–water partition coefficient (Wildman–Crippen LogP) is 0.975. The maximum absolute atomic E-state index is 8.65. The van der Waals surface area contributed by atoms with Crippen LogP contribution in [0.15, 0.2) is 0 Å². The lowest BCUT2D eigenvalue weighted by Gasteiger charge is -2.15. The summed E-state index contributed by atoms with van der Waals surface area (Å²) in [6.45, 7) is 4.05. The molecule has 0 amide bonds. The van der Waals surface area contributed by atoms with E-state index in [2.05, 4.69) is 10.2 Å². The molecule has 0 aromatic carbocycles. The molecule has 2 rings (SSSR count). The number of nitrogens with one attached hydrogen (secondary N) is 1. The van der Waals surface area contributed by atoms with Crippen molar-refractivity contribution in [1.82, 2.24) is 10.2 Å². The fourth-order valence-electron chi connectivity index (χ4n) is 2.45. The van der Waals surface area contributed by atoms with E-state index in [4.69, 9.17) is 5.11 Å². The van der Waals surface area contributed by atoms with Gasteiger partial charge in [0.25, 0.3) is 0 Å². The number of hydrogen-bond acceptors (Lipinski definition) is 3. The van der Waals surface area contributed by atoms with Crippen molar-refractivity contribution in [2.75, 3.05) is 26.2 Å². The Morgan fingerprint density at radius 1 is 1.13 bits per heavy atom. The van der Waals surface area contributed by atoms with Gasteiger partial charge in [-0.25, -0.2) is 0 Å². The van der Waals surface area contributed by atoms with E-state index in [1.54, 1.807) is 0 Å². The Labute approximate surface area is 92.8 Å². The molecule has 1 heterocycles. The summed E-state index contributed by atoms with van der Waals surface area (Å²) in [5.74, 6) is 0. The van der Waals surface area contributed by atoms with Gasteiger partial charge in [-0.15, -0.1) is 0 Å². The zero-order chi connectivity index (χ0) is 10.5. The first-order chi connectivity index (χ1) is 7.40. The first kappa shape index (κ1) is 11.4. The average molecular weight is 212 g/mol. The Balaban J connectivity index is 1.49. The molecule has 2 aliphatic rings. The van der Waals surface area contributed by atoms with Crippen LogP contribution in [0.1, 0.15) is 38.5 Å². The SMILES string of the molecule is OCCCCCNC1CCN(C2CC2)C1. The zero-order valence-electron chi connectivity index (χ0n) is 9.62. The minimum Gasteiger partial charge on any atom is -0.396 e. The van der Waals surface area contributed by atoms with Gasteiger partial charge in [-0.2, -0.15) is 0 Å². The molecule has 1 saturated carbocycles. The van der Waals surface area contributed by atoms with Crippen molar-refractivity contribution in [1.29, 1.82) is 0 Å². The average Bonchev–Trinajstić information content (AvgIpc) is 2.99. The Kier molecular flexibility index (Phi) is 4.42. The lowest BCUT2D eigenvalue weighted by Crippen LogP contribution is -2.33. The van der Waals surface area contributed by atoms with Crippen LogP contribution < -0.4 is 5.32 Å². The smallest absolute Gasteiger partial charge is 0.0431 e. The van der Waals surface area contributed by atoms with Crippen molar-refractivity contribution >= 4 is 0 Å². The van der Waals surface area contributed by atoms with E-state index in [1.807, 2.05) is 0 Å². The van der Waals surface area contributed by atoms with Crippen molar-refractivity contribution < 1.29 is 5.11 Å². The molecule has 3 heteroatoms. The molecule has 1 saturated heterocycles. The second kappa shape index (κ2) is 5.83. The number of aliphatic hydroxyl groups excluding tert-OH is 1. The van der Waals surface area contributed by atoms with Gasteiger partial charge in [0.2, 0.25) is 0 Å². The van der Waals surface area contributed by atoms with Gasteiger partial charge in [0.1, 0.15) is 0 Å². The van der Waals surface area contributed by atoms with Gasteiger partial charge >= 0.3 is 0 Å². The predicted molar refractivity (Wildman–Crippen MR) is 61.9 cm³/mol. The van der Waals surface area contributed by atoms with Gasteiger partial charge < -0.3 is 10.4 Å². The highest BCUT2D eigenvalue weighted by Crippen LogP contribution is 2.29. The molecule has 2 fully saturated rings. The summed E-state index contributed by atoms with van der Waals surface area (Å²) in [6.07, 6.45) is 7.52. The molecule has 88 valence electrons. The van der Waals surface area contributed by atoms with Gasteiger partial charge in [-0.1, -0.05) is 0 Å². The maximum Gasteiger partial charge on any atom is 0.0431 e. The molecule has 15 heavy (non-hydrogen) atoms. The van der Waals surface area contributed by atoms with Crippen molar-refractivity contribution in [3.05, 3.63) is 0 Å². The van der Waals surface area contributed by atoms with E-state index >= 15 is 0 Å². The van der Waals surface area contributed by atoms with Crippen LogP contribution in [-0.2, 0) is 0 Å². The van der Waals surface area contributed by atoms with Gasteiger partial charge in [-0.05, 0) is 45.1 Å². The summed E-state index contributed by atoms with van der Waals surface area (Å²) in [4.78, 5) is 2.64. The Morgan fingerprint density at radius 2 is 2.00 bits per heavy atom. The summed E-state index contributed by atoms with van der Waals surface area (Å²) < 4.78 is 0. The summed E-state index contributed by atoms with van der Waals surface area (Å²) in [5.41, 5.74) is 0. The van der Waals surface area contributed by atoms with Gasteiger partial charge in [0.15, 0.2) is 0 Å². The minimum absolute atomic E-state index is 0.346. The van der Waals surface area contributed by atoms with Gasteiger partial charge in [-0.3, -0.25) is 4.90 Å². The van der Waals surface area contributed by atoms with Crippen LogP contribution in [-0.4, -0.2) is 48.3 Å². The van der Waals surface area contributed by atoms with Crippen LogP contribution in [0.3, 0.4) is 0 Å². The fraction of sp³-hybridized carbons (Fsp3) is 1.00. The molecule has 1 aliphatic heterocycles. The number of unbranched alkanes of at least 4 members (excludes halogenated alkanes) is 2. The van der Waals surface area contributed by atoms with Crippen molar-refractivity contribution in [2.45, 2.75) is 50.6 Å². The van der Waals surface area contributed by atoms with E-state index in [0.29, 0.717) is 6.61 Å². The van der Waals surface area contributed by atoms with E-state index in [-0.39, 0.29) is 0 Å². The second-order valence-corrected chi connectivity index (χ2v) is 4.95. The summed E-state index contributed by atoms with van der Waals surface area (Å²) in [6, 6.07) is 1.67. The molecule has 0 bridgehead atoms. The van der Waals surface area contributed by atoms with Crippen molar-refractivity contribution in [3.63, 3.8) is 0 Å². The number of nitrogens with zero attached hydrogens (tertiary/aromatic N) is 1. The molecular formula is C12H24N2O. The summed E-state index contributed by atoms with van der Waals surface area (Å²) in [7, 11) is 0. The third-order valence-corrected chi connectivity index (χ3v) is 3.55. The van der Waals surface area contributed by atoms with Gasteiger partial charge in [0, 0.05) is 31.8 Å². The third kappa shape index (κ3) is 3.74. The summed E-state index contributed by atoms with van der Waals surface area (Å²) >= 11 is 0. The number of rotatable bonds is 7. The topological polar surface area (TPSA) is 35.5 Å². The highest BCUT2D eigenvalue weighted by Gasteiger charge is 2.33. The second-order valence-electron chi connectivity index (χ2n) is 4.95. The molecule has 1 unspecified atom stereocenters. The molecule has 2 N–H and O–H groups in total. The highest BCUT2D eigenvalue weighted by atomic mass is 16.2. The van der Waals surface area contributed by atoms with E-state index in [9.17, 15) is 0 Å². The number of aliphatic hydroxyl groups is 1. The van der Waals surface area contributed by atoms with E-state index < -0.39 is 0 Å². The Hall–Kier alpha value is -0.120. The first-order valence-corrected chi connectivity index (χ1v) is 6.48. The largest absolute Gasteiger partial charge is 0.396 e. The van der Waals surface area contributed by atoms with E-state index in [1.165, 1.54) is 38.8 Å². The van der Waals surface area contributed by atoms with Gasteiger partial charge in [0.05, 0.1) is 0 Å². The van der Waals surface area contributed by atoms with Crippen LogP contribution in [0.2, 0.25) is 0 Å². The standard InChI is InChI=1S/C12H24N2O/c15-9-3-1-2-7-13-11-6-8-14(10-11)12-4-5-12/h11-13,15H,1-10H2. The lowest BCUT2D eigenvalue weighted by molar-refractivity contribution is 0.282. The van der Waals surface area contributed by atoms with Crippen molar-refractivity contribution in [2.24, 2.45) is 0 Å². The van der Waals surface area contributed by atoms with E-state index in [0.717, 1.165) is 31.5 Å². The molecule has 0 aromatic rings. The van der Waals surface area contributed by atoms with Crippen LogP contribution in [0.4, 0.5) is 0 Å². The molecule has 0 aromatic heterocycles. The van der Waals surface area contributed by atoms with Crippen molar-refractivity contribution in [3.8, 4) is 0 Å². The fourth-order valence-corrected chi connectivity index (χ4v) is 2.45. The van der Waals surface area contributed by atoms with Crippen LogP contribution in [0.25, 0.3) is 0 Å². The molecule has 3 nitrogen and oxygen atoms in total. The first-order valence-electron chi connectivity index (χ1n) is 6.48. The number of likely N-dealkylation sites (tertiary alicyclic amines) is 1. The molecule has 1 aliphatic carbocycles. The third-order valence-electron chi connectivity index (χ3n) is 3.55. The Bertz CT molecular complexity index is 182. The molecular weight excluding hydrogens is 188 g/mol. The van der Waals surface area contributed by atoms with Crippen LogP contribution in [0.5, 0.6) is 0 Å². The number of hydrogen-bond donors (Lipinski definition) is 2. The highest BCUT2D eigenvalue weighted by molar-refractivity contribution is 4.91. The summed E-state index contributed by atoms with van der Waals surface area (Å²) in [5, 5.41) is 12.3. The zero-order valence-corrected chi connectivity index (χ0v) is 9.62. The maximum atomic E-state index is 8.65. The lowest BCUT2D eigenvalue weighted by atomic mass is 10.2. The molecule has 0 radical (unpaired) electrons. The normalized spacial score (nSPS) is 27.4. The molecule has 1 atom stereocenters. The Morgan fingerprint density at radius 3 is 2.73 bits per heavy atom. The monoisotopic (exact) mass is 212 g/mol. The van der Waals surface area contributed by atoms with Crippen LogP contribution >= 0.6 is 0 Å². The minimum atomic E-state index is 0.346.